The molecule has 0 saturated carbocycles. The second kappa shape index (κ2) is 8.27. The maximum Gasteiger partial charge on any atom is 0.292 e. The summed E-state index contributed by atoms with van der Waals surface area (Å²) in [6.45, 7) is 9.17. The molecule has 6 nitrogen and oxygen atoms in total. The van der Waals surface area contributed by atoms with E-state index >= 15 is 0 Å². The summed E-state index contributed by atoms with van der Waals surface area (Å²) in [4.78, 5) is 32.4. The average Bonchev–Trinajstić information content (AvgIpc) is 3.09. The van der Waals surface area contributed by atoms with Gasteiger partial charge in [-0.1, -0.05) is 25.1 Å². The molecule has 6 heteroatoms. The predicted molar refractivity (Wildman–Crippen MR) is 98.8 cm³/mol. The molecule has 1 fully saturated rings. The number of Topliss-reactive ketones (excluding diaryl/α,β-unsaturated/α-hetero) is 1. The summed E-state index contributed by atoms with van der Waals surface area (Å²) >= 11 is 0. The number of piperazine rings is 1. The maximum absolute atomic E-state index is 12.3. The standard InChI is InChI=1S/C19H26N4O2/c1-2-22-10-12-23(13-11-22)9-5-8-20-19(25)18(24)16-14-21-17-7-4-3-6-15(16)17/h3-4,6-7,14,21H,2,5,8-13H2,1H3,(H,20,25). The molecule has 2 N–H and O–H groups in total. The van der Waals surface area contributed by atoms with Crippen LogP contribution in [0.2, 0.25) is 0 Å². The average molecular weight is 342 g/mol. The van der Waals surface area contributed by atoms with Crippen molar-refractivity contribution < 1.29 is 9.59 Å². The van der Waals surface area contributed by atoms with Crippen LogP contribution in [-0.2, 0) is 4.79 Å². The third-order valence-electron chi connectivity index (χ3n) is 4.89. The SMILES string of the molecule is CCN1CCN(CCCNC(=O)C(=O)c2c[nH]c3ccccc23)CC1. The summed E-state index contributed by atoms with van der Waals surface area (Å²) in [6, 6.07) is 7.50. The summed E-state index contributed by atoms with van der Waals surface area (Å²) in [6.07, 6.45) is 2.47. The molecular formula is C19H26N4O2. The molecule has 1 aliphatic rings. The van der Waals surface area contributed by atoms with Crippen LogP contribution in [0.25, 0.3) is 10.9 Å². The molecule has 1 amide bonds. The van der Waals surface area contributed by atoms with Gasteiger partial charge in [0.05, 0.1) is 5.56 Å². The van der Waals surface area contributed by atoms with Crippen LogP contribution in [0.5, 0.6) is 0 Å². The molecule has 0 spiro atoms. The minimum absolute atomic E-state index is 0.434. The number of nitrogens with zero attached hydrogens (tertiary/aromatic N) is 2. The van der Waals surface area contributed by atoms with Crippen molar-refractivity contribution in [2.75, 3.05) is 45.8 Å². The zero-order chi connectivity index (χ0) is 17.6. The Bertz CT molecular complexity index is 732. The van der Waals surface area contributed by atoms with Crippen molar-refractivity contribution in [1.82, 2.24) is 20.1 Å². The van der Waals surface area contributed by atoms with E-state index in [4.69, 9.17) is 0 Å². The normalized spacial score (nSPS) is 16.2. The number of aromatic nitrogens is 1. The second-order valence-electron chi connectivity index (χ2n) is 6.46. The van der Waals surface area contributed by atoms with Gasteiger partial charge in [0.25, 0.3) is 11.7 Å². The van der Waals surface area contributed by atoms with E-state index in [2.05, 4.69) is 27.0 Å². The van der Waals surface area contributed by atoms with Crippen molar-refractivity contribution in [1.29, 1.82) is 0 Å². The zero-order valence-corrected chi connectivity index (χ0v) is 14.8. The lowest BCUT2D eigenvalue weighted by Gasteiger charge is -2.33. The molecule has 0 aliphatic carbocycles. The first kappa shape index (κ1) is 17.6. The largest absolute Gasteiger partial charge is 0.360 e. The second-order valence-corrected chi connectivity index (χ2v) is 6.46. The Balaban J connectivity index is 1.43. The van der Waals surface area contributed by atoms with Crippen LogP contribution in [0.1, 0.15) is 23.7 Å². The van der Waals surface area contributed by atoms with Crippen LogP contribution in [0.15, 0.2) is 30.5 Å². The summed E-state index contributed by atoms with van der Waals surface area (Å²) in [7, 11) is 0. The van der Waals surface area contributed by atoms with E-state index in [1.807, 2.05) is 24.3 Å². The lowest BCUT2D eigenvalue weighted by molar-refractivity contribution is -0.117. The van der Waals surface area contributed by atoms with Crippen LogP contribution in [-0.4, -0.2) is 72.3 Å². The number of nitrogens with one attached hydrogen (secondary N) is 2. The fourth-order valence-electron chi connectivity index (χ4n) is 3.30. The minimum Gasteiger partial charge on any atom is -0.360 e. The van der Waals surface area contributed by atoms with Crippen molar-refractivity contribution in [2.45, 2.75) is 13.3 Å². The van der Waals surface area contributed by atoms with Crippen molar-refractivity contribution in [2.24, 2.45) is 0 Å². The first-order valence-electron chi connectivity index (χ1n) is 9.02. The van der Waals surface area contributed by atoms with Gasteiger partial charge in [0, 0.05) is 49.8 Å². The van der Waals surface area contributed by atoms with Crippen molar-refractivity contribution in [3.63, 3.8) is 0 Å². The number of carbonyl (C=O) groups is 2. The van der Waals surface area contributed by atoms with E-state index < -0.39 is 11.7 Å². The van der Waals surface area contributed by atoms with Gasteiger partial charge in [-0.2, -0.15) is 0 Å². The molecule has 134 valence electrons. The van der Waals surface area contributed by atoms with Crippen LogP contribution in [0.4, 0.5) is 0 Å². The van der Waals surface area contributed by atoms with Gasteiger partial charge < -0.3 is 20.1 Å². The number of amides is 1. The molecule has 2 aromatic rings. The highest BCUT2D eigenvalue weighted by atomic mass is 16.2. The van der Waals surface area contributed by atoms with E-state index in [1.165, 1.54) is 0 Å². The van der Waals surface area contributed by atoms with Gasteiger partial charge in [-0.25, -0.2) is 0 Å². The number of ketones is 1. The lowest BCUT2D eigenvalue weighted by Crippen LogP contribution is -2.46. The number of rotatable bonds is 7. The van der Waals surface area contributed by atoms with Gasteiger partial charge in [-0.15, -0.1) is 0 Å². The Hall–Kier alpha value is -2.18. The lowest BCUT2D eigenvalue weighted by atomic mass is 10.1. The van der Waals surface area contributed by atoms with Crippen LogP contribution < -0.4 is 5.32 Å². The van der Waals surface area contributed by atoms with E-state index in [0.717, 1.165) is 56.6 Å². The molecule has 0 unspecified atom stereocenters. The smallest absolute Gasteiger partial charge is 0.292 e. The zero-order valence-electron chi connectivity index (χ0n) is 14.8. The first-order chi connectivity index (χ1) is 12.2. The molecular weight excluding hydrogens is 316 g/mol. The van der Waals surface area contributed by atoms with E-state index in [9.17, 15) is 9.59 Å². The van der Waals surface area contributed by atoms with Crippen LogP contribution in [0.3, 0.4) is 0 Å². The molecule has 1 aliphatic heterocycles. The Kier molecular flexibility index (Phi) is 5.83. The number of fused-ring (bicyclic) bond motifs is 1. The number of aromatic amines is 1. The number of hydrogen-bond donors (Lipinski definition) is 2. The molecule has 1 aromatic carbocycles. The summed E-state index contributed by atoms with van der Waals surface area (Å²) in [5, 5.41) is 3.54. The third-order valence-corrected chi connectivity index (χ3v) is 4.89. The summed E-state index contributed by atoms with van der Waals surface area (Å²) in [5.74, 6) is -1.01. The fourth-order valence-corrected chi connectivity index (χ4v) is 3.30. The van der Waals surface area contributed by atoms with Gasteiger partial charge in [-0.3, -0.25) is 9.59 Å². The van der Waals surface area contributed by atoms with E-state index in [-0.39, 0.29) is 0 Å². The number of hydrogen-bond acceptors (Lipinski definition) is 4. The van der Waals surface area contributed by atoms with Crippen LogP contribution >= 0.6 is 0 Å². The first-order valence-corrected chi connectivity index (χ1v) is 9.02. The Morgan fingerprint density at radius 1 is 1.12 bits per heavy atom. The van der Waals surface area contributed by atoms with Crippen molar-refractivity contribution in [3.8, 4) is 0 Å². The Labute approximate surface area is 148 Å². The molecule has 25 heavy (non-hydrogen) atoms. The van der Waals surface area contributed by atoms with Gasteiger partial charge in [0.1, 0.15) is 0 Å². The molecule has 0 bridgehead atoms. The molecule has 2 heterocycles. The van der Waals surface area contributed by atoms with Crippen molar-refractivity contribution >= 4 is 22.6 Å². The quantitative estimate of drug-likeness (QED) is 0.454. The number of benzene rings is 1. The van der Waals surface area contributed by atoms with Gasteiger partial charge in [0.2, 0.25) is 0 Å². The highest BCUT2D eigenvalue weighted by molar-refractivity contribution is 6.44. The minimum atomic E-state index is -0.527. The maximum atomic E-state index is 12.3. The topological polar surface area (TPSA) is 68.4 Å². The van der Waals surface area contributed by atoms with E-state index in [1.54, 1.807) is 6.20 Å². The number of likely N-dealkylation sites (N-methyl/N-ethyl adjacent to an activating group) is 1. The molecule has 3 rings (SSSR count). The molecule has 1 saturated heterocycles. The fraction of sp³-hybridized carbons (Fsp3) is 0.474. The highest BCUT2D eigenvalue weighted by Gasteiger charge is 2.19. The monoisotopic (exact) mass is 342 g/mol. The highest BCUT2D eigenvalue weighted by Crippen LogP contribution is 2.18. The Morgan fingerprint density at radius 2 is 1.84 bits per heavy atom. The Morgan fingerprint density at radius 3 is 2.60 bits per heavy atom. The molecule has 1 aromatic heterocycles. The number of para-hydroxylation sites is 1. The molecule has 0 atom stereocenters. The molecule has 0 radical (unpaired) electrons. The number of carbonyl (C=O) groups excluding carboxylic acids is 2. The summed E-state index contributed by atoms with van der Waals surface area (Å²) in [5.41, 5.74) is 1.30. The van der Waals surface area contributed by atoms with Crippen molar-refractivity contribution in [3.05, 3.63) is 36.0 Å². The van der Waals surface area contributed by atoms with Gasteiger partial charge in [-0.05, 0) is 25.6 Å². The van der Waals surface area contributed by atoms with Gasteiger partial charge >= 0.3 is 0 Å². The van der Waals surface area contributed by atoms with E-state index in [0.29, 0.717) is 12.1 Å². The number of H-pyrrole nitrogens is 1. The van der Waals surface area contributed by atoms with Crippen LogP contribution in [0, 0.1) is 0 Å². The third kappa shape index (κ3) is 4.27. The van der Waals surface area contributed by atoms with Gasteiger partial charge in [0.15, 0.2) is 0 Å². The summed E-state index contributed by atoms with van der Waals surface area (Å²) < 4.78 is 0. The predicted octanol–water partition coefficient (Wildman–Crippen LogP) is 1.49.